The Balaban J connectivity index is 2.02. The van der Waals surface area contributed by atoms with Crippen molar-refractivity contribution in [3.05, 3.63) is 18.0 Å². The van der Waals surface area contributed by atoms with Gasteiger partial charge in [0.25, 0.3) is 10.2 Å². The van der Waals surface area contributed by atoms with Gasteiger partial charge in [0.1, 0.15) is 12.0 Å². The topological polar surface area (TPSA) is 75.4 Å². The van der Waals surface area contributed by atoms with Crippen molar-refractivity contribution in [1.82, 2.24) is 14.2 Å². The molecule has 1 aromatic rings. The van der Waals surface area contributed by atoms with Gasteiger partial charge in [-0.05, 0) is 25.7 Å². The van der Waals surface area contributed by atoms with E-state index in [4.69, 9.17) is 4.52 Å². The molecule has 0 spiro atoms. The fraction of sp³-hybridized carbons (Fsp3) is 0.727. The number of hydrogen-bond acceptors (Lipinski definition) is 4. The molecule has 1 aliphatic heterocycles. The van der Waals surface area contributed by atoms with Crippen molar-refractivity contribution in [1.29, 1.82) is 0 Å². The van der Waals surface area contributed by atoms with E-state index >= 15 is 0 Å². The zero-order valence-electron chi connectivity index (χ0n) is 10.7. The molecular formula is C11H19N3O3S. The Bertz CT molecular complexity index is 472. The van der Waals surface area contributed by atoms with Gasteiger partial charge >= 0.3 is 0 Å². The van der Waals surface area contributed by atoms with Gasteiger partial charge in [0.15, 0.2) is 0 Å². The van der Waals surface area contributed by atoms with Crippen molar-refractivity contribution in [2.24, 2.45) is 5.92 Å². The minimum atomic E-state index is -3.44. The lowest BCUT2D eigenvalue weighted by Crippen LogP contribution is -2.46. The number of hydrogen-bond donors (Lipinski definition) is 1. The lowest BCUT2D eigenvalue weighted by Gasteiger charge is -2.30. The first-order chi connectivity index (χ1) is 8.49. The van der Waals surface area contributed by atoms with Crippen LogP contribution >= 0.6 is 0 Å². The van der Waals surface area contributed by atoms with Crippen LogP contribution in [0.15, 0.2) is 16.9 Å². The van der Waals surface area contributed by atoms with E-state index in [-0.39, 0.29) is 6.04 Å². The van der Waals surface area contributed by atoms with E-state index < -0.39 is 10.2 Å². The summed E-state index contributed by atoms with van der Waals surface area (Å²) in [5.41, 5.74) is 0.587. The Morgan fingerprint density at radius 2 is 2.39 bits per heavy atom. The quantitative estimate of drug-likeness (QED) is 0.897. The van der Waals surface area contributed by atoms with Gasteiger partial charge in [0.05, 0.1) is 6.04 Å². The average molecular weight is 273 g/mol. The van der Waals surface area contributed by atoms with E-state index in [1.165, 1.54) is 10.6 Å². The first kappa shape index (κ1) is 13.5. The minimum Gasteiger partial charge on any atom is -0.364 e. The first-order valence-corrected chi connectivity index (χ1v) is 7.60. The molecule has 102 valence electrons. The molecule has 1 N–H and O–H groups in total. The summed E-state index contributed by atoms with van der Waals surface area (Å²) in [6.07, 6.45) is 3.44. The smallest absolute Gasteiger partial charge is 0.280 e. The molecule has 6 nitrogen and oxygen atoms in total. The Hall–Kier alpha value is -0.920. The fourth-order valence-corrected chi connectivity index (χ4v) is 3.70. The second kappa shape index (κ2) is 5.38. The highest BCUT2D eigenvalue weighted by Crippen LogP contribution is 2.19. The highest BCUT2D eigenvalue weighted by atomic mass is 32.2. The number of piperidine rings is 1. The molecule has 0 radical (unpaired) electrons. The van der Waals surface area contributed by atoms with Crippen LogP contribution in [0.4, 0.5) is 0 Å². The molecule has 2 rings (SSSR count). The van der Waals surface area contributed by atoms with Crippen molar-refractivity contribution in [3.8, 4) is 0 Å². The highest BCUT2D eigenvalue weighted by Gasteiger charge is 2.28. The van der Waals surface area contributed by atoms with Crippen molar-refractivity contribution >= 4 is 10.2 Å². The Morgan fingerprint density at radius 3 is 3.00 bits per heavy atom. The van der Waals surface area contributed by atoms with E-state index in [0.29, 0.717) is 24.7 Å². The van der Waals surface area contributed by atoms with Gasteiger partial charge in [0.2, 0.25) is 0 Å². The van der Waals surface area contributed by atoms with Crippen LogP contribution in [-0.2, 0) is 10.2 Å². The van der Waals surface area contributed by atoms with Crippen LogP contribution in [-0.4, -0.2) is 31.0 Å². The van der Waals surface area contributed by atoms with Crippen molar-refractivity contribution in [3.63, 3.8) is 0 Å². The predicted octanol–water partition coefficient (Wildman–Crippen LogP) is 1.30. The Labute approximate surface area is 108 Å². The zero-order chi connectivity index (χ0) is 13.2. The normalized spacial score (nSPS) is 24.0. The summed E-state index contributed by atoms with van der Waals surface area (Å²) in [4.78, 5) is 0. The van der Waals surface area contributed by atoms with Crippen LogP contribution in [0.3, 0.4) is 0 Å². The van der Waals surface area contributed by atoms with Crippen LogP contribution in [0.5, 0.6) is 0 Å². The Morgan fingerprint density at radius 1 is 1.61 bits per heavy atom. The molecule has 18 heavy (non-hydrogen) atoms. The van der Waals surface area contributed by atoms with E-state index in [2.05, 4.69) is 16.8 Å². The number of rotatable bonds is 4. The van der Waals surface area contributed by atoms with E-state index in [0.717, 1.165) is 12.8 Å². The maximum Gasteiger partial charge on any atom is 0.280 e. The molecule has 0 amide bonds. The van der Waals surface area contributed by atoms with E-state index in [9.17, 15) is 8.42 Å². The number of nitrogens with one attached hydrogen (secondary N) is 1. The van der Waals surface area contributed by atoms with Crippen LogP contribution in [0, 0.1) is 5.92 Å². The summed E-state index contributed by atoms with van der Waals surface area (Å²) in [5, 5.41) is 3.74. The number of nitrogens with zero attached hydrogens (tertiary/aromatic N) is 2. The van der Waals surface area contributed by atoms with Crippen LogP contribution < -0.4 is 4.72 Å². The molecule has 1 fully saturated rings. The largest absolute Gasteiger partial charge is 0.364 e. The standard InChI is InChI=1S/C11H19N3O3S/c1-9-4-3-6-14(8-9)18(15,16)13-10(2)11-5-7-17-12-11/h5,7,9-10,13H,3-4,6,8H2,1-2H3/t9-,10+/m1/s1. The molecule has 2 atom stereocenters. The molecule has 1 saturated heterocycles. The lowest BCUT2D eigenvalue weighted by atomic mass is 10.0. The zero-order valence-corrected chi connectivity index (χ0v) is 11.5. The molecule has 0 aromatic carbocycles. The Kier molecular flexibility index (Phi) is 4.04. The molecule has 0 aliphatic carbocycles. The van der Waals surface area contributed by atoms with E-state index in [1.54, 1.807) is 13.0 Å². The average Bonchev–Trinajstić information content (AvgIpc) is 2.82. The monoisotopic (exact) mass is 273 g/mol. The third kappa shape index (κ3) is 3.09. The van der Waals surface area contributed by atoms with Crippen LogP contribution in [0.25, 0.3) is 0 Å². The van der Waals surface area contributed by atoms with Gasteiger partial charge in [0, 0.05) is 19.2 Å². The van der Waals surface area contributed by atoms with Crippen molar-refractivity contribution in [2.45, 2.75) is 32.7 Å². The second-order valence-corrected chi connectivity index (χ2v) is 6.58. The number of aromatic nitrogens is 1. The van der Waals surface area contributed by atoms with Gasteiger partial charge in [-0.1, -0.05) is 12.1 Å². The molecule has 7 heteroatoms. The maximum atomic E-state index is 12.2. The first-order valence-electron chi connectivity index (χ1n) is 6.16. The van der Waals surface area contributed by atoms with Gasteiger partial charge in [-0.25, -0.2) is 0 Å². The fourth-order valence-electron chi connectivity index (χ4n) is 2.17. The summed E-state index contributed by atoms with van der Waals surface area (Å²) in [6.45, 7) is 5.00. The summed E-state index contributed by atoms with van der Waals surface area (Å²) < 4.78 is 33.2. The molecule has 2 heterocycles. The van der Waals surface area contributed by atoms with Crippen molar-refractivity contribution in [2.75, 3.05) is 13.1 Å². The lowest BCUT2D eigenvalue weighted by molar-refractivity contribution is 0.276. The van der Waals surface area contributed by atoms with Crippen LogP contribution in [0.2, 0.25) is 0 Å². The van der Waals surface area contributed by atoms with E-state index in [1.807, 2.05) is 0 Å². The molecule has 0 bridgehead atoms. The molecule has 0 saturated carbocycles. The minimum absolute atomic E-state index is 0.383. The van der Waals surface area contributed by atoms with Crippen molar-refractivity contribution < 1.29 is 12.9 Å². The molecule has 1 aliphatic rings. The summed E-state index contributed by atoms with van der Waals surface area (Å²) in [7, 11) is -3.44. The van der Waals surface area contributed by atoms with Gasteiger partial charge in [-0.3, -0.25) is 0 Å². The van der Waals surface area contributed by atoms with Gasteiger partial charge in [-0.2, -0.15) is 17.4 Å². The molecule has 1 aromatic heterocycles. The molecule has 0 unspecified atom stereocenters. The third-order valence-electron chi connectivity index (χ3n) is 3.19. The molecular weight excluding hydrogens is 254 g/mol. The van der Waals surface area contributed by atoms with Gasteiger partial charge in [-0.15, -0.1) is 0 Å². The predicted molar refractivity (Wildman–Crippen MR) is 66.9 cm³/mol. The summed E-state index contributed by atoms with van der Waals surface area (Å²) in [5.74, 6) is 0.415. The second-order valence-electron chi connectivity index (χ2n) is 4.87. The summed E-state index contributed by atoms with van der Waals surface area (Å²) >= 11 is 0. The summed E-state index contributed by atoms with van der Waals surface area (Å²) in [6, 6.07) is 1.28. The third-order valence-corrected chi connectivity index (χ3v) is 4.85. The van der Waals surface area contributed by atoms with Gasteiger partial charge < -0.3 is 4.52 Å². The highest BCUT2D eigenvalue weighted by molar-refractivity contribution is 7.87. The van der Waals surface area contributed by atoms with Crippen LogP contribution in [0.1, 0.15) is 38.4 Å². The maximum absolute atomic E-state index is 12.2. The SMILES string of the molecule is C[C@@H]1CCCN(S(=O)(=O)N[C@@H](C)c2ccon2)C1.